The number of hydrogen-bond donors (Lipinski definition) is 1. The molecule has 4 nitrogen and oxygen atoms in total. The van der Waals surface area contributed by atoms with Crippen LogP contribution in [0.25, 0.3) is 0 Å². The van der Waals surface area contributed by atoms with E-state index < -0.39 is 5.54 Å². The second-order valence-corrected chi connectivity index (χ2v) is 3.41. The van der Waals surface area contributed by atoms with Crippen molar-refractivity contribution in [2.24, 2.45) is 5.73 Å². The van der Waals surface area contributed by atoms with Gasteiger partial charge in [-0.25, -0.2) is 0 Å². The summed E-state index contributed by atoms with van der Waals surface area (Å²) in [5.74, 6) is -0.321. The number of hydrogen-bond acceptors (Lipinski definition) is 4. The standard InChI is InChI=1S/C10H14N2O2/c1-10(11,6-9(13)14-2)8-4-3-5-12-7-8/h3-5,7H,6,11H2,1-2H3. The highest BCUT2D eigenvalue weighted by Gasteiger charge is 2.25. The molecule has 1 rings (SSSR count). The molecular formula is C10H14N2O2. The van der Waals surface area contributed by atoms with E-state index in [1.807, 2.05) is 6.07 Å². The Morgan fingerprint density at radius 1 is 1.71 bits per heavy atom. The molecule has 0 aliphatic rings. The van der Waals surface area contributed by atoms with Crippen LogP contribution in [0.3, 0.4) is 0 Å². The van der Waals surface area contributed by atoms with Gasteiger partial charge in [0.05, 0.1) is 19.1 Å². The number of carbonyl (C=O) groups excluding carboxylic acids is 1. The van der Waals surface area contributed by atoms with Crippen molar-refractivity contribution in [3.63, 3.8) is 0 Å². The third-order valence-corrected chi connectivity index (χ3v) is 2.06. The van der Waals surface area contributed by atoms with E-state index in [1.54, 1.807) is 25.4 Å². The minimum absolute atomic E-state index is 0.148. The van der Waals surface area contributed by atoms with Crippen molar-refractivity contribution < 1.29 is 9.53 Å². The molecule has 0 spiro atoms. The zero-order valence-corrected chi connectivity index (χ0v) is 8.36. The lowest BCUT2D eigenvalue weighted by Gasteiger charge is -2.23. The summed E-state index contributed by atoms with van der Waals surface area (Å²) >= 11 is 0. The average Bonchev–Trinajstić information content (AvgIpc) is 2.18. The molecule has 1 aromatic heterocycles. The zero-order valence-electron chi connectivity index (χ0n) is 8.36. The van der Waals surface area contributed by atoms with E-state index in [-0.39, 0.29) is 12.4 Å². The minimum Gasteiger partial charge on any atom is -0.469 e. The topological polar surface area (TPSA) is 65.2 Å². The number of aromatic nitrogens is 1. The Kier molecular flexibility index (Phi) is 3.19. The van der Waals surface area contributed by atoms with Gasteiger partial charge in [0.1, 0.15) is 0 Å². The van der Waals surface area contributed by atoms with E-state index in [9.17, 15) is 4.79 Å². The Morgan fingerprint density at radius 3 is 2.93 bits per heavy atom. The smallest absolute Gasteiger partial charge is 0.307 e. The van der Waals surface area contributed by atoms with E-state index in [0.29, 0.717) is 0 Å². The highest BCUT2D eigenvalue weighted by Crippen LogP contribution is 2.20. The van der Waals surface area contributed by atoms with Crippen molar-refractivity contribution in [2.45, 2.75) is 18.9 Å². The first-order chi connectivity index (χ1) is 6.56. The van der Waals surface area contributed by atoms with Gasteiger partial charge in [0.15, 0.2) is 0 Å². The third kappa shape index (κ3) is 2.53. The molecule has 0 amide bonds. The molecule has 2 N–H and O–H groups in total. The molecule has 76 valence electrons. The van der Waals surface area contributed by atoms with Gasteiger partial charge in [0.25, 0.3) is 0 Å². The first-order valence-electron chi connectivity index (χ1n) is 4.32. The average molecular weight is 194 g/mol. The second kappa shape index (κ2) is 4.19. The summed E-state index contributed by atoms with van der Waals surface area (Å²) in [6, 6.07) is 3.63. The second-order valence-electron chi connectivity index (χ2n) is 3.41. The molecule has 1 aromatic rings. The quantitative estimate of drug-likeness (QED) is 0.723. The first kappa shape index (κ1) is 10.7. The molecule has 0 saturated heterocycles. The van der Waals surface area contributed by atoms with Crippen molar-refractivity contribution in [1.82, 2.24) is 4.98 Å². The predicted octanol–water partition coefficient (Wildman–Crippen LogP) is 0.819. The molecule has 0 aliphatic carbocycles. The van der Waals surface area contributed by atoms with E-state index in [2.05, 4.69) is 9.72 Å². The largest absolute Gasteiger partial charge is 0.469 e. The fourth-order valence-electron chi connectivity index (χ4n) is 1.17. The zero-order chi connectivity index (χ0) is 10.6. The molecular weight excluding hydrogens is 180 g/mol. The summed E-state index contributed by atoms with van der Waals surface area (Å²) in [7, 11) is 1.35. The summed E-state index contributed by atoms with van der Waals surface area (Å²) in [6.07, 6.45) is 3.47. The summed E-state index contributed by atoms with van der Waals surface area (Å²) in [5, 5.41) is 0. The van der Waals surface area contributed by atoms with Crippen molar-refractivity contribution in [2.75, 3.05) is 7.11 Å². The highest BCUT2D eigenvalue weighted by molar-refractivity contribution is 5.71. The summed E-state index contributed by atoms with van der Waals surface area (Å²) in [5.41, 5.74) is 6.08. The molecule has 1 unspecified atom stereocenters. The number of ether oxygens (including phenoxy) is 1. The Bertz CT molecular complexity index is 309. The molecule has 1 atom stereocenters. The molecule has 0 saturated carbocycles. The van der Waals surface area contributed by atoms with Gasteiger partial charge >= 0.3 is 5.97 Å². The molecule has 0 fully saturated rings. The fourth-order valence-corrected chi connectivity index (χ4v) is 1.17. The van der Waals surface area contributed by atoms with Crippen LogP contribution in [0.15, 0.2) is 24.5 Å². The van der Waals surface area contributed by atoms with Crippen LogP contribution in [0.2, 0.25) is 0 Å². The number of nitrogens with two attached hydrogens (primary N) is 1. The van der Waals surface area contributed by atoms with E-state index in [0.717, 1.165) is 5.56 Å². The minimum atomic E-state index is -0.721. The van der Waals surface area contributed by atoms with Crippen LogP contribution in [0.4, 0.5) is 0 Å². The van der Waals surface area contributed by atoms with Gasteiger partial charge in [-0.15, -0.1) is 0 Å². The molecule has 14 heavy (non-hydrogen) atoms. The SMILES string of the molecule is COC(=O)CC(C)(N)c1cccnc1. The summed E-state index contributed by atoms with van der Waals surface area (Å²) in [4.78, 5) is 15.0. The molecule has 0 aliphatic heterocycles. The lowest BCUT2D eigenvalue weighted by atomic mass is 9.91. The van der Waals surface area contributed by atoms with Crippen LogP contribution in [-0.4, -0.2) is 18.1 Å². The summed E-state index contributed by atoms with van der Waals surface area (Å²) < 4.78 is 4.57. The van der Waals surface area contributed by atoms with Crippen molar-refractivity contribution >= 4 is 5.97 Å². The summed E-state index contributed by atoms with van der Waals surface area (Å²) in [6.45, 7) is 1.78. The maximum Gasteiger partial charge on any atom is 0.307 e. The van der Waals surface area contributed by atoms with Gasteiger partial charge in [0, 0.05) is 12.4 Å². The Balaban J connectivity index is 2.80. The Hall–Kier alpha value is -1.42. The monoisotopic (exact) mass is 194 g/mol. The number of esters is 1. The Morgan fingerprint density at radius 2 is 2.43 bits per heavy atom. The van der Waals surface area contributed by atoms with Gasteiger partial charge in [0.2, 0.25) is 0 Å². The normalized spacial score (nSPS) is 14.5. The van der Waals surface area contributed by atoms with E-state index >= 15 is 0 Å². The van der Waals surface area contributed by atoms with Gasteiger partial charge in [-0.05, 0) is 18.6 Å². The number of nitrogens with zero attached hydrogens (tertiary/aromatic N) is 1. The lowest BCUT2D eigenvalue weighted by Crippen LogP contribution is -2.36. The molecule has 4 heteroatoms. The molecule has 1 heterocycles. The van der Waals surface area contributed by atoms with Crippen LogP contribution in [-0.2, 0) is 15.1 Å². The molecule has 0 radical (unpaired) electrons. The van der Waals surface area contributed by atoms with Crippen LogP contribution in [0, 0.1) is 0 Å². The van der Waals surface area contributed by atoms with E-state index in [1.165, 1.54) is 7.11 Å². The van der Waals surface area contributed by atoms with Crippen molar-refractivity contribution in [3.8, 4) is 0 Å². The molecule has 0 aromatic carbocycles. The highest BCUT2D eigenvalue weighted by atomic mass is 16.5. The van der Waals surface area contributed by atoms with Gasteiger partial charge in [-0.1, -0.05) is 6.07 Å². The number of carbonyl (C=O) groups is 1. The van der Waals surface area contributed by atoms with Crippen molar-refractivity contribution in [1.29, 1.82) is 0 Å². The third-order valence-electron chi connectivity index (χ3n) is 2.06. The maximum absolute atomic E-state index is 11.1. The fraction of sp³-hybridized carbons (Fsp3) is 0.400. The van der Waals surface area contributed by atoms with Gasteiger partial charge in [-0.3, -0.25) is 9.78 Å². The van der Waals surface area contributed by atoms with Crippen LogP contribution >= 0.6 is 0 Å². The molecule has 0 bridgehead atoms. The predicted molar refractivity (Wildman–Crippen MR) is 52.4 cm³/mol. The van der Waals surface area contributed by atoms with Crippen LogP contribution in [0.5, 0.6) is 0 Å². The Labute approximate surface area is 83.1 Å². The number of pyridine rings is 1. The van der Waals surface area contributed by atoms with Crippen molar-refractivity contribution in [3.05, 3.63) is 30.1 Å². The van der Waals surface area contributed by atoms with Crippen LogP contribution < -0.4 is 5.73 Å². The maximum atomic E-state index is 11.1. The number of rotatable bonds is 3. The van der Waals surface area contributed by atoms with E-state index in [4.69, 9.17) is 5.73 Å². The first-order valence-corrected chi connectivity index (χ1v) is 4.32. The van der Waals surface area contributed by atoms with Gasteiger partial charge < -0.3 is 10.5 Å². The van der Waals surface area contributed by atoms with Crippen LogP contribution in [0.1, 0.15) is 18.9 Å². The van der Waals surface area contributed by atoms with Gasteiger partial charge in [-0.2, -0.15) is 0 Å². The number of methoxy groups -OCH3 is 1. The lowest BCUT2D eigenvalue weighted by molar-refractivity contribution is -0.141.